The minimum absolute atomic E-state index is 0.0807. The summed E-state index contributed by atoms with van der Waals surface area (Å²) in [6.45, 7) is 3.64. The van der Waals surface area contributed by atoms with Crippen LogP contribution in [0.2, 0.25) is 0 Å². The molecule has 1 aliphatic heterocycles. The number of esters is 1. The molecule has 1 aromatic heterocycles. The predicted octanol–water partition coefficient (Wildman–Crippen LogP) is 1.66. The summed E-state index contributed by atoms with van der Waals surface area (Å²) in [4.78, 5) is 30.1. The fourth-order valence-electron chi connectivity index (χ4n) is 2.16. The number of nitrogens with zero attached hydrogens (tertiary/aromatic N) is 2. The van der Waals surface area contributed by atoms with E-state index in [1.807, 2.05) is 4.90 Å². The summed E-state index contributed by atoms with van der Waals surface area (Å²) in [6.07, 6.45) is 3.36. The van der Waals surface area contributed by atoms with Gasteiger partial charge < -0.3 is 15.0 Å². The number of hydrogen-bond acceptors (Lipinski definition) is 6. The zero-order valence-electron chi connectivity index (χ0n) is 11.8. The second-order valence-electron chi connectivity index (χ2n) is 4.72. The van der Waals surface area contributed by atoms with Crippen LogP contribution in [0.4, 0.5) is 5.13 Å². The molecule has 1 aliphatic rings. The third kappa shape index (κ3) is 3.47. The van der Waals surface area contributed by atoms with Gasteiger partial charge in [-0.15, -0.1) is 0 Å². The van der Waals surface area contributed by atoms with Crippen LogP contribution in [0.15, 0.2) is 0 Å². The number of carbonyl (C=O) groups excluding carboxylic acids is 2. The molecular weight excluding hydrogens is 278 g/mol. The third-order valence-electron chi connectivity index (χ3n) is 3.27. The highest BCUT2D eigenvalue weighted by Crippen LogP contribution is 2.23. The second-order valence-corrected chi connectivity index (χ2v) is 5.72. The highest BCUT2D eigenvalue weighted by molar-refractivity contribution is 7.17. The van der Waals surface area contributed by atoms with Crippen molar-refractivity contribution in [2.24, 2.45) is 0 Å². The Bertz CT molecular complexity index is 495. The molecule has 0 saturated carbocycles. The first-order valence-corrected chi connectivity index (χ1v) is 7.51. The fraction of sp³-hybridized carbons (Fsp3) is 0.615. The molecule has 0 bridgehead atoms. The Morgan fingerprint density at radius 2 is 2.05 bits per heavy atom. The van der Waals surface area contributed by atoms with Gasteiger partial charge in [0.2, 0.25) is 5.91 Å². The molecule has 0 radical (unpaired) electrons. The van der Waals surface area contributed by atoms with Crippen LogP contribution < -0.4 is 5.32 Å². The van der Waals surface area contributed by atoms with Crippen LogP contribution in [-0.4, -0.2) is 48.5 Å². The van der Waals surface area contributed by atoms with Gasteiger partial charge in [-0.1, -0.05) is 11.3 Å². The smallest absolute Gasteiger partial charge is 0.350 e. The molecule has 7 heteroatoms. The lowest BCUT2D eigenvalue weighted by molar-refractivity contribution is -0.130. The number of aryl methyl sites for hydroxylation is 1. The zero-order chi connectivity index (χ0) is 14.5. The first kappa shape index (κ1) is 14.8. The van der Waals surface area contributed by atoms with Gasteiger partial charge in [0.15, 0.2) is 5.13 Å². The van der Waals surface area contributed by atoms with E-state index in [1.165, 1.54) is 24.9 Å². The van der Waals surface area contributed by atoms with E-state index in [0.29, 0.717) is 15.7 Å². The number of anilines is 1. The molecule has 2 rings (SSSR count). The van der Waals surface area contributed by atoms with Gasteiger partial charge in [0, 0.05) is 13.1 Å². The summed E-state index contributed by atoms with van der Waals surface area (Å²) in [7, 11) is 1.34. The number of rotatable bonds is 4. The number of ether oxygens (including phenoxy) is 1. The van der Waals surface area contributed by atoms with Crippen LogP contribution in [0.25, 0.3) is 0 Å². The lowest BCUT2D eigenvalue weighted by atomic mass is 10.1. The van der Waals surface area contributed by atoms with Crippen molar-refractivity contribution < 1.29 is 14.3 Å². The molecule has 1 aromatic rings. The SMILES string of the molecule is COC(=O)c1sc(NCC(=O)N2CCCCC2)nc1C. The minimum atomic E-state index is -0.393. The summed E-state index contributed by atoms with van der Waals surface area (Å²) >= 11 is 1.21. The number of aromatic nitrogens is 1. The molecule has 1 amide bonds. The predicted molar refractivity (Wildman–Crippen MR) is 77.1 cm³/mol. The summed E-state index contributed by atoms with van der Waals surface area (Å²) in [5.41, 5.74) is 0.620. The van der Waals surface area contributed by atoms with Crippen molar-refractivity contribution in [1.82, 2.24) is 9.88 Å². The average Bonchev–Trinajstić information content (AvgIpc) is 2.86. The van der Waals surface area contributed by atoms with Crippen LogP contribution in [-0.2, 0) is 9.53 Å². The van der Waals surface area contributed by atoms with Crippen molar-refractivity contribution in [1.29, 1.82) is 0 Å². The van der Waals surface area contributed by atoms with E-state index in [2.05, 4.69) is 15.0 Å². The van der Waals surface area contributed by atoms with E-state index < -0.39 is 5.97 Å². The molecule has 0 spiro atoms. The van der Waals surface area contributed by atoms with Crippen molar-refractivity contribution in [3.8, 4) is 0 Å². The summed E-state index contributed by atoms with van der Waals surface area (Å²) < 4.78 is 4.68. The number of carbonyl (C=O) groups is 2. The van der Waals surface area contributed by atoms with E-state index in [9.17, 15) is 9.59 Å². The van der Waals surface area contributed by atoms with E-state index in [4.69, 9.17) is 0 Å². The number of nitrogens with one attached hydrogen (secondary N) is 1. The second kappa shape index (κ2) is 6.69. The molecule has 1 saturated heterocycles. The quantitative estimate of drug-likeness (QED) is 0.856. The maximum atomic E-state index is 12.0. The Hall–Kier alpha value is -1.63. The Morgan fingerprint density at radius 1 is 1.35 bits per heavy atom. The first-order chi connectivity index (χ1) is 9.61. The van der Waals surface area contributed by atoms with Crippen LogP contribution in [0, 0.1) is 6.92 Å². The normalized spacial score (nSPS) is 15.0. The Morgan fingerprint density at radius 3 is 2.70 bits per heavy atom. The monoisotopic (exact) mass is 297 g/mol. The topological polar surface area (TPSA) is 71.5 Å². The molecule has 20 heavy (non-hydrogen) atoms. The molecule has 0 aliphatic carbocycles. The van der Waals surface area contributed by atoms with Crippen LogP contribution in [0.5, 0.6) is 0 Å². The van der Waals surface area contributed by atoms with E-state index in [1.54, 1.807) is 6.92 Å². The lowest BCUT2D eigenvalue weighted by Gasteiger charge is -2.26. The van der Waals surface area contributed by atoms with Crippen molar-refractivity contribution in [3.63, 3.8) is 0 Å². The average molecular weight is 297 g/mol. The Kier molecular flexibility index (Phi) is 4.94. The van der Waals surface area contributed by atoms with Crippen molar-refractivity contribution in [3.05, 3.63) is 10.6 Å². The number of thiazole rings is 1. The van der Waals surface area contributed by atoms with Crippen molar-refractivity contribution >= 4 is 28.3 Å². The summed E-state index contributed by atoms with van der Waals surface area (Å²) in [5.74, 6) is -0.312. The van der Waals surface area contributed by atoms with Gasteiger partial charge in [0.1, 0.15) is 4.88 Å². The van der Waals surface area contributed by atoms with Gasteiger partial charge >= 0.3 is 5.97 Å². The van der Waals surface area contributed by atoms with Gasteiger partial charge in [-0.25, -0.2) is 9.78 Å². The molecule has 1 N–H and O–H groups in total. The van der Waals surface area contributed by atoms with Gasteiger partial charge in [-0.2, -0.15) is 0 Å². The molecular formula is C13H19N3O3S. The number of hydrogen-bond donors (Lipinski definition) is 1. The van der Waals surface area contributed by atoms with Crippen molar-refractivity contribution in [2.45, 2.75) is 26.2 Å². The molecule has 6 nitrogen and oxygen atoms in total. The van der Waals surface area contributed by atoms with E-state index in [0.717, 1.165) is 25.9 Å². The lowest BCUT2D eigenvalue weighted by Crippen LogP contribution is -2.39. The van der Waals surface area contributed by atoms with Gasteiger partial charge in [-0.05, 0) is 26.2 Å². The molecule has 2 heterocycles. The molecule has 0 aromatic carbocycles. The van der Waals surface area contributed by atoms with Gasteiger partial charge in [0.05, 0.1) is 19.3 Å². The highest BCUT2D eigenvalue weighted by Gasteiger charge is 2.18. The van der Waals surface area contributed by atoms with Crippen LogP contribution in [0.3, 0.4) is 0 Å². The molecule has 0 atom stereocenters. The van der Waals surface area contributed by atoms with Crippen LogP contribution in [0.1, 0.15) is 34.6 Å². The van der Waals surface area contributed by atoms with E-state index >= 15 is 0 Å². The number of methoxy groups -OCH3 is 1. The summed E-state index contributed by atoms with van der Waals surface area (Å²) in [6, 6.07) is 0. The first-order valence-electron chi connectivity index (χ1n) is 6.69. The van der Waals surface area contributed by atoms with Gasteiger partial charge in [0.25, 0.3) is 0 Å². The molecule has 0 unspecified atom stereocenters. The Labute approximate surface area is 122 Å². The number of amides is 1. The highest BCUT2D eigenvalue weighted by atomic mass is 32.1. The third-order valence-corrected chi connectivity index (χ3v) is 4.36. The minimum Gasteiger partial charge on any atom is -0.465 e. The zero-order valence-corrected chi connectivity index (χ0v) is 12.6. The van der Waals surface area contributed by atoms with Gasteiger partial charge in [-0.3, -0.25) is 4.79 Å². The fourth-order valence-corrected chi connectivity index (χ4v) is 3.04. The Balaban J connectivity index is 1.90. The summed E-state index contributed by atoms with van der Waals surface area (Å²) in [5, 5.41) is 3.57. The molecule has 110 valence electrons. The van der Waals surface area contributed by atoms with Crippen molar-refractivity contribution in [2.75, 3.05) is 32.1 Å². The maximum absolute atomic E-state index is 12.0. The van der Waals surface area contributed by atoms with Crippen LogP contribution >= 0.6 is 11.3 Å². The largest absolute Gasteiger partial charge is 0.465 e. The number of piperidine rings is 1. The standard InChI is InChI=1S/C13H19N3O3S/c1-9-11(12(18)19-2)20-13(15-9)14-8-10(17)16-6-4-3-5-7-16/h3-8H2,1-2H3,(H,14,15). The molecule has 1 fully saturated rings. The maximum Gasteiger partial charge on any atom is 0.350 e. The van der Waals surface area contributed by atoms with E-state index in [-0.39, 0.29) is 12.5 Å². The number of likely N-dealkylation sites (tertiary alicyclic amines) is 1.